The molecule has 0 aliphatic carbocycles. The standard InChI is InChI=1S/C25H23NO4/c1-5-29-25(28)22-16(3)26(4)23-19-9-7-6-8-18(19)21(14-20(22)23)30-24(27)17-12-10-15(2)11-13-17/h6-14H,5H2,1-4H3. The van der Waals surface area contributed by atoms with E-state index in [0.717, 1.165) is 27.5 Å². The second-order valence-electron chi connectivity index (χ2n) is 7.31. The molecule has 0 aliphatic heterocycles. The van der Waals surface area contributed by atoms with Gasteiger partial charge < -0.3 is 14.0 Å². The van der Waals surface area contributed by atoms with E-state index in [1.807, 2.05) is 61.9 Å². The third-order valence-electron chi connectivity index (χ3n) is 5.42. The highest BCUT2D eigenvalue weighted by molar-refractivity contribution is 6.16. The Kier molecular flexibility index (Phi) is 5.04. The van der Waals surface area contributed by atoms with Crippen molar-refractivity contribution >= 4 is 33.6 Å². The number of esters is 2. The predicted octanol–water partition coefficient (Wildman–Crippen LogP) is 5.34. The van der Waals surface area contributed by atoms with E-state index in [9.17, 15) is 9.59 Å². The van der Waals surface area contributed by atoms with E-state index in [1.54, 1.807) is 25.1 Å². The molecule has 30 heavy (non-hydrogen) atoms. The van der Waals surface area contributed by atoms with Crippen LogP contribution < -0.4 is 4.74 Å². The molecule has 152 valence electrons. The average molecular weight is 401 g/mol. The Morgan fingerprint density at radius 3 is 2.23 bits per heavy atom. The number of hydrogen-bond donors (Lipinski definition) is 0. The zero-order valence-electron chi connectivity index (χ0n) is 17.5. The highest BCUT2D eigenvalue weighted by atomic mass is 16.5. The fraction of sp³-hybridized carbons (Fsp3) is 0.200. The molecule has 5 heteroatoms. The predicted molar refractivity (Wildman–Crippen MR) is 117 cm³/mol. The Bertz CT molecular complexity index is 1280. The summed E-state index contributed by atoms with van der Waals surface area (Å²) < 4.78 is 13.1. The van der Waals surface area contributed by atoms with Gasteiger partial charge in [-0.3, -0.25) is 0 Å². The topological polar surface area (TPSA) is 57.5 Å². The lowest BCUT2D eigenvalue weighted by molar-refractivity contribution is 0.0527. The highest BCUT2D eigenvalue weighted by Gasteiger charge is 2.23. The van der Waals surface area contributed by atoms with Crippen molar-refractivity contribution in [2.45, 2.75) is 20.8 Å². The molecule has 4 rings (SSSR count). The molecule has 0 saturated heterocycles. The maximum absolute atomic E-state index is 12.8. The van der Waals surface area contributed by atoms with Crippen LogP contribution in [0, 0.1) is 13.8 Å². The number of hydrogen-bond acceptors (Lipinski definition) is 4. The van der Waals surface area contributed by atoms with Gasteiger partial charge in [0.05, 0.1) is 23.3 Å². The molecule has 0 bridgehead atoms. The third-order valence-corrected chi connectivity index (χ3v) is 5.42. The fourth-order valence-electron chi connectivity index (χ4n) is 3.80. The van der Waals surface area contributed by atoms with Gasteiger partial charge in [-0.15, -0.1) is 0 Å². The summed E-state index contributed by atoms with van der Waals surface area (Å²) in [6, 6.07) is 16.7. The first-order chi connectivity index (χ1) is 14.4. The van der Waals surface area contributed by atoms with E-state index >= 15 is 0 Å². The van der Waals surface area contributed by atoms with Crippen molar-refractivity contribution in [3.63, 3.8) is 0 Å². The molecular formula is C25H23NO4. The largest absolute Gasteiger partial charge is 0.462 e. The van der Waals surface area contributed by atoms with E-state index < -0.39 is 5.97 Å². The van der Waals surface area contributed by atoms with E-state index in [0.29, 0.717) is 22.3 Å². The Labute approximate surface area is 174 Å². The van der Waals surface area contributed by atoms with Crippen molar-refractivity contribution in [3.8, 4) is 5.75 Å². The van der Waals surface area contributed by atoms with Crippen molar-refractivity contribution < 1.29 is 19.1 Å². The Morgan fingerprint density at radius 1 is 0.900 bits per heavy atom. The van der Waals surface area contributed by atoms with Gasteiger partial charge in [-0.25, -0.2) is 9.59 Å². The van der Waals surface area contributed by atoms with E-state index in [-0.39, 0.29) is 12.6 Å². The van der Waals surface area contributed by atoms with Crippen LogP contribution in [0.2, 0.25) is 0 Å². The first kappa shape index (κ1) is 19.7. The number of aryl methyl sites for hydroxylation is 2. The number of fused-ring (bicyclic) bond motifs is 3. The summed E-state index contributed by atoms with van der Waals surface area (Å²) in [5, 5.41) is 2.42. The number of ether oxygens (including phenoxy) is 2. The molecule has 0 fully saturated rings. The number of rotatable bonds is 4. The SMILES string of the molecule is CCOC(=O)c1c(C)n(C)c2c1cc(OC(=O)c1ccc(C)cc1)c1ccccc12. The molecule has 1 heterocycles. The first-order valence-corrected chi connectivity index (χ1v) is 9.89. The van der Waals surface area contributed by atoms with Crippen LogP contribution in [0.25, 0.3) is 21.7 Å². The molecule has 0 amide bonds. The van der Waals surface area contributed by atoms with Gasteiger partial charge in [0, 0.05) is 28.9 Å². The van der Waals surface area contributed by atoms with Gasteiger partial charge in [0.15, 0.2) is 0 Å². The minimum atomic E-state index is -0.440. The number of nitrogens with zero attached hydrogens (tertiary/aromatic N) is 1. The van der Waals surface area contributed by atoms with Crippen molar-refractivity contribution in [2.75, 3.05) is 6.61 Å². The van der Waals surface area contributed by atoms with Crippen molar-refractivity contribution in [1.82, 2.24) is 4.57 Å². The molecule has 0 radical (unpaired) electrons. The van der Waals surface area contributed by atoms with Gasteiger partial charge in [0.2, 0.25) is 0 Å². The first-order valence-electron chi connectivity index (χ1n) is 9.89. The van der Waals surface area contributed by atoms with Crippen LogP contribution in [0.5, 0.6) is 5.75 Å². The van der Waals surface area contributed by atoms with Crippen LogP contribution in [-0.4, -0.2) is 23.1 Å². The molecule has 5 nitrogen and oxygen atoms in total. The summed E-state index contributed by atoms with van der Waals surface area (Å²) in [5.74, 6) is -0.406. The van der Waals surface area contributed by atoms with Crippen LogP contribution in [0.15, 0.2) is 54.6 Å². The molecule has 4 aromatic rings. The van der Waals surface area contributed by atoms with Gasteiger partial charge in [-0.2, -0.15) is 0 Å². The monoisotopic (exact) mass is 401 g/mol. The molecule has 0 saturated carbocycles. The maximum Gasteiger partial charge on any atom is 0.343 e. The van der Waals surface area contributed by atoms with Crippen LogP contribution in [-0.2, 0) is 11.8 Å². The average Bonchev–Trinajstić information content (AvgIpc) is 2.99. The van der Waals surface area contributed by atoms with Crippen LogP contribution >= 0.6 is 0 Å². The highest BCUT2D eigenvalue weighted by Crippen LogP contribution is 2.38. The summed E-state index contributed by atoms with van der Waals surface area (Å²) in [6.07, 6.45) is 0. The number of benzene rings is 3. The quantitative estimate of drug-likeness (QED) is 0.342. The summed E-state index contributed by atoms with van der Waals surface area (Å²) >= 11 is 0. The number of carbonyl (C=O) groups excluding carboxylic acids is 2. The summed E-state index contributed by atoms with van der Waals surface area (Å²) in [7, 11) is 1.92. The van der Waals surface area contributed by atoms with Gasteiger partial charge in [-0.1, -0.05) is 42.0 Å². The van der Waals surface area contributed by atoms with Crippen molar-refractivity contribution in [3.05, 3.63) is 77.0 Å². The zero-order valence-corrected chi connectivity index (χ0v) is 17.5. The van der Waals surface area contributed by atoms with Crippen LogP contribution in [0.3, 0.4) is 0 Å². The smallest absolute Gasteiger partial charge is 0.343 e. The maximum atomic E-state index is 12.8. The summed E-state index contributed by atoms with van der Waals surface area (Å²) in [5.41, 5.74) is 3.74. The molecule has 0 atom stereocenters. The zero-order chi connectivity index (χ0) is 21.4. The summed E-state index contributed by atoms with van der Waals surface area (Å²) in [4.78, 5) is 25.5. The number of aromatic nitrogens is 1. The van der Waals surface area contributed by atoms with Gasteiger partial charge in [-0.05, 0) is 39.0 Å². The van der Waals surface area contributed by atoms with E-state index in [1.165, 1.54) is 0 Å². The second kappa shape index (κ2) is 7.67. The van der Waals surface area contributed by atoms with Gasteiger partial charge in [0.1, 0.15) is 5.75 Å². The molecule has 0 unspecified atom stereocenters. The molecule has 0 spiro atoms. The Hall–Kier alpha value is -3.60. The molecule has 0 N–H and O–H groups in total. The van der Waals surface area contributed by atoms with Crippen LogP contribution in [0.1, 0.15) is 38.9 Å². The van der Waals surface area contributed by atoms with Crippen molar-refractivity contribution in [2.24, 2.45) is 7.05 Å². The lowest BCUT2D eigenvalue weighted by Crippen LogP contribution is -2.09. The van der Waals surface area contributed by atoms with Crippen LogP contribution in [0.4, 0.5) is 0 Å². The molecular weight excluding hydrogens is 378 g/mol. The Balaban J connectivity index is 1.92. The molecule has 3 aromatic carbocycles. The van der Waals surface area contributed by atoms with Gasteiger partial charge >= 0.3 is 11.9 Å². The summed E-state index contributed by atoms with van der Waals surface area (Å²) in [6.45, 7) is 5.92. The minimum absolute atomic E-state index is 0.289. The normalized spacial score (nSPS) is 11.1. The second-order valence-corrected chi connectivity index (χ2v) is 7.31. The third kappa shape index (κ3) is 3.22. The fourth-order valence-corrected chi connectivity index (χ4v) is 3.80. The van der Waals surface area contributed by atoms with Gasteiger partial charge in [0.25, 0.3) is 0 Å². The minimum Gasteiger partial charge on any atom is -0.462 e. The van der Waals surface area contributed by atoms with E-state index in [4.69, 9.17) is 9.47 Å². The van der Waals surface area contributed by atoms with Crippen molar-refractivity contribution in [1.29, 1.82) is 0 Å². The number of carbonyl (C=O) groups is 2. The lowest BCUT2D eigenvalue weighted by Gasteiger charge is -2.11. The lowest BCUT2D eigenvalue weighted by atomic mass is 10.0. The molecule has 1 aromatic heterocycles. The Morgan fingerprint density at radius 2 is 1.57 bits per heavy atom. The molecule has 0 aliphatic rings. The van der Waals surface area contributed by atoms with E-state index in [2.05, 4.69) is 0 Å².